The van der Waals surface area contributed by atoms with E-state index in [1.807, 2.05) is 13.8 Å². The molecular formula is C28H32N8O4S2. The number of hydrogen-bond acceptors (Lipinski definition) is 12. The van der Waals surface area contributed by atoms with E-state index in [1.54, 1.807) is 36.7 Å². The zero-order valence-electron chi connectivity index (χ0n) is 23.4. The molecule has 0 aliphatic heterocycles. The van der Waals surface area contributed by atoms with Crippen molar-refractivity contribution in [1.82, 2.24) is 30.4 Å². The largest absolute Gasteiger partial charge is 0.492 e. The highest BCUT2D eigenvalue weighted by atomic mass is 32.1. The Morgan fingerprint density at radius 1 is 0.762 bits per heavy atom. The fourth-order valence-electron chi connectivity index (χ4n) is 4.73. The summed E-state index contributed by atoms with van der Waals surface area (Å²) in [6.07, 6.45) is 7.37. The van der Waals surface area contributed by atoms with E-state index in [1.165, 1.54) is 22.7 Å². The maximum atomic E-state index is 12.5. The lowest BCUT2D eigenvalue weighted by molar-refractivity contribution is -0.116. The van der Waals surface area contributed by atoms with Gasteiger partial charge >= 0.3 is 0 Å². The van der Waals surface area contributed by atoms with Gasteiger partial charge in [-0.05, 0) is 57.4 Å². The summed E-state index contributed by atoms with van der Waals surface area (Å²) >= 11 is 2.81. The first-order chi connectivity index (χ1) is 20.5. The Bertz CT molecular complexity index is 1370. The number of aromatic nitrogens is 6. The number of carbonyl (C=O) groups excluding carboxylic acids is 2. The van der Waals surface area contributed by atoms with Crippen LogP contribution in [-0.2, 0) is 22.4 Å². The summed E-state index contributed by atoms with van der Waals surface area (Å²) < 4.78 is 10.8. The van der Waals surface area contributed by atoms with Crippen LogP contribution in [0.5, 0.6) is 11.5 Å². The van der Waals surface area contributed by atoms with Crippen molar-refractivity contribution < 1.29 is 19.1 Å². The van der Waals surface area contributed by atoms with E-state index < -0.39 is 0 Å². The van der Waals surface area contributed by atoms with Crippen LogP contribution in [-0.4, -0.2) is 55.4 Å². The molecule has 2 amide bonds. The molecule has 0 radical (unpaired) electrons. The molecule has 0 bridgehead atoms. The van der Waals surface area contributed by atoms with Crippen LogP contribution < -0.4 is 20.1 Å². The van der Waals surface area contributed by atoms with Crippen LogP contribution in [0.3, 0.4) is 0 Å². The molecule has 1 aliphatic carbocycles. The second kappa shape index (κ2) is 14.2. The maximum Gasteiger partial charge on any atom is 0.232 e. The molecule has 1 saturated carbocycles. The van der Waals surface area contributed by atoms with Crippen molar-refractivity contribution in [3.8, 4) is 11.5 Å². The van der Waals surface area contributed by atoms with Crippen molar-refractivity contribution in [2.45, 2.75) is 64.2 Å². The van der Waals surface area contributed by atoms with Crippen LogP contribution in [0.1, 0.15) is 72.8 Å². The zero-order chi connectivity index (χ0) is 29.3. The van der Waals surface area contributed by atoms with Gasteiger partial charge in [0.2, 0.25) is 22.1 Å². The number of anilines is 2. The summed E-state index contributed by atoms with van der Waals surface area (Å²) in [5, 5.41) is 25.6. The minimum Gasteiger partial charge on any atom is -0.492 e. The fourth-order valence-corrected chi connectivity index (χ4v) is 6.54. The molecule has 4 aromatic heterocycles. The Hall–Kier alpha value is -4.04. The van der Waals surface area contributed by atoms with Gasteiger partial charge in [0.25, 0.3) is 0 Å². The number of hydrogen-bond donors (Lipinski definition) is 2. The summed E-state index contributed by atoms with van der Waals surface area (Å²) in [4.78, 5) is 33.6. The molecule has 1 fully saturated rings. The minimum atomic E-state index is -0.197. The van der Waals surface area contributed by atoms with Gasteiger partial charge < -0.3 is 20.1 Å². The molecular weight excluding hydrogens is 576 g/mol. The topological polar surface area (TPSA) is 154 Å². The van der Waals surface area contributed by atoms with Crippen molar-refractivity contribution >= 4 is 44.8 Å². The second-order valence-electron chi connectivity index (χ2n) is 9.74. The molecule has 5 rings (SSSR count). The van der Waals surface area contributed by atoms with Crippen LogP contribution in [0, 0.1) is 0 Å². The summed E-state index contributed by atoms with van der Waals surface area (Å²) in [6.45, 7) is 4.94. The van der Waals surface area contributed by atoms with Gasteiger partial charge in [0, 0.05) is 23.2 Å². The highest BCUT2D eigenvalue weighted by molar-refractivity contribution is 7.15. The van der Waals surface area contributed by atoms with E-state index in [4.69, 9.17) is 9.47 Å². The van der Waals surface area contributed by atoms with Gasteiger partial charge in [-0.25, -0.2) is 0 Å². The number of rotatable bonds is 12. The zero-order valence-corrected chi connectivity index (χ0v) is 25.0. The molecule has 0 unspecified atom stereocenters. The Morgan fingerprint density at radius 2 is 1.24 bits per heavy atom. The first kappa shape index (κ1) is 29.5. The average Bonchev–Trinajstić information content (AvgIpc) is 3.65. The highest BCUT2D eigenvalue weighted by Crippen LogP contribution is 2.43. The summed E-state index contributed by atoms with van der Waals surface area (Å²) in [6, 6.07) is 7.16. The molecule has 0 spiro atoms. The molecule has 0 saturated heterocycles. The van der Waals surface area contributed by atoms with Gasteiger partial charge in [-0.3, -0.25) is 19.6 Å². The minimum absolute atomic E-state index is 0.138. The standard InChI is InChI=1S/C28H32N8O4S2/c1-3-39-21-10-8-19(29-15-21)13-23(37)31-27-35-33-25(41-27)17-6-5-7-18(12-17)26-34-36-28(42-26)32-24(38)14-20-9-11-22(16-30-20)40-4-2/h8-11,15-18H,3-7,12-14H2,1-2H3,(H,31,35,37)(H,32,36,38)/t17-,18-/m0/s1. The fraction of sp³-hybridized carbons (Fsp3) is 0.429. The summed E-state index contributed by atoms with van der Waals surface area (Å²) in [7, 11) is 0. The van der Waals surface area contributed by atoms with E-state index >= 15 is 0 Å². The molecule has 4 heterocycles. The Kier molecular flexibility index (Phi) is 9.98. The molecule has 12 nitrogen and oxygen atoms in total. The van der Waals surface area contributed by atoms with E-state index in [0.717, 1.165) is 35.7 Å². The Labute approximate surface area is 251 Å². The molecule has 2 atom stereocenters. The summed E-state index contributed by atoms with van der Waals surface area (Å²) in [5.41, 5.74) is 1.30. The van der Waals surface area contributed by atoms with E-state index in [2.05, 4.69) is 41.0 Å². The molecule has 14 heteroatoms. The monoisotopic (exact) mass is 608 g/mol. The third-order valence-corrected chi connectivity index (χ3v) is 8.65. The van der Waals surface area contributed by atoms with Crippen molar-refractivity contribution in [1.29, 1.82) is 0 Å². The van der Waals surface area contributed by atoms with Gasteiger partial charge in [-0.1, -0.05) is 29.1 Å². The summed E-state index contributed by atoms with van der Waals surface area (Å²) in [5.74, 6) is 1.39. The van der Waals surface area contributed by atoms with E-state index in [-0.39, 0.29) is 36.5 Å². The van der Waals surface area contributed by atoms with Gasteiger partial charge in [-0.15, -0.1) is 20.4 Å². The van der Waals surface area contributed by atoms with Crippen LogP contribution in [0.15, 0.2) is 36.7 Å². The Balaban J connectivity index is 1.11. The number of pyridine rings is 2. The lowest BCUT2D eigenvalue weighted by Gasteiger charge is -2.25. The van der Waals surface area contributed by atoms with Gasteiger partial charge in [-0.2, -0.15) is 0 Å². The molecule has 0 aromatic carbocycles. The van der Waals surface area contributed by atoms with Gasteiger partial charge in [0.05, 0.1) is 38.4 Å². The van der Waals surface area contributed by atoms with Crippen LogP contribution >= 0.6 is 22.7 Å². The predicted molar refractivity (Wildman–Crippen MR) is 159 cm³/mol. The van der Waals surface area contributed by atoms with Crippen LogP contribution in [0.4, 0.5) is 10.3 Å². The number of amides is 2. The predicted octanol–water partition coefficient (Wildman–Crippen LogP) is 4.78. The smallest absolute Gasteiger partial charge is 0.232 e. The number of nitrogens with zero attached hydrogens (tertiary/aromatic N) is 6. The molecule has 2 N–H and O–H groups in total. The quantitative estimate of drug-likeness (QED) is 0.230. The van der Waals surface area contributed by atoms with Crippen molar-refractivity contribution in [2.75, 3.05) is 23.8 Å². The second-order valence-corrected chi connectivity index (χ2v) is 11.8. The van der Waals surface area contributed by atoms with Crippen molar-refractivity contribution in [2.24, 2.45) is 0 Å². The van der Waals surface area contributed by atoms with E-state index in [0.29, 0.717) is 46.4 Å². The third-order valence-electron chi connectivity index (χ3n) is 6.65. The molecule has 220 valence electrons. The highest BCUT2D eigenvalue weighted by Gasteiger charge is 2.29. The van der Waals surface area contributed by atoms with Gasteiger partial charge in [0.1, 0.15) is 21.5 Å². The SMILES string of the molecule is CCOc1ccc(CC(=O)Nc2nnc([C@H]3CCC[C@H](c4nnc(NC(=O)Cc5ccc(OCC)cn5)s4)C3)s2)nc1. The number of nitrogens with one attached hydrogen (secondary N) is 2. The lowest BCUT2D eigenvalue weighted by Crippen LogP contribution is -2.15. The van der Waals surface area contributed by atoms with Gasteiger partial charge in [0.15, 0.2) is 0 Å². The normalized spacial score (nSPS) is 16.5. The molecule has 1 aliphatic rings. The van der Waals surface area contributed by atoms with Crippen LogP contribution in [0.2, 0.25) is 0 Å². The third kappa shape index (κ3) is 8.03. The number of carbonyl (C=O) groups is 2. The van der Waals surface area contributed by atoms with Crippen molar-refractivity contribution in [3.05, 3.63) is 58.1 Å². The first-order valence-electron chi connectivity index (χ1n) is 13.9. The number of ether oxygens (including phenoxy) is 2. The molecule has 42 heavy (non-hydrogen) atoms. The maximum absolute atomic E-state index is 12.5. The van der Waals surface area contributed by atoms with Crippen molar-refractivity contribution in [3.63, 3.8) is 0 Å². The lowest BCUT2D eigenvalue weighted by atomic mass is 9.82. The molecule has 4 aromatic rings. The Morgan fingerprint density at radius 3 is 1.64 bits per heavy atom. The van der Waals surface area contributed by atoms with E-state index in [9.17, 15) is 9.59 Å². The van der Waals surface area contributed by atoms with Crippen LogP contribution in [0.25, 0.3) is 0 Å². The average molecular weight is 609 g/mol. The first-order valence-corrected chi connectivity index (χ1v) is 15.5.